The zero-order chi connectivity index (χ0) is 15.9. The molecule has 2 heterocycles. The van der Waals surface area contributed by atoms with Crippen molar-refractivity contribution in [2.75, 3.05) is 26.4 Å². The van der Waals surface area contributed by atoms with Gasteiger partial charge in [-0.05, 0) is 18.6 Å². The van der Waals surface area contributed by atoms with Crippen LogP contribution in [0.3, 0.4) is 0 Å². The maximum Gasteiger partial charge on any atom is 0.225 e. The van der Waals surface area contributed by atoms with Gasteiger partial charge >= 0.3 is 0 Å². The van der Waals surface area contributed by atoms with E-state index in [1.165, 1.54) is 0 Å². The van der Waals surface area contributed by atoms with Crippen LogP contribution in [0, 0.1) is 5.92 Å². The summed E-state index contributed by atoms with van der Waals surface area (Å²) in [6.45, 7) is 2.64. The number of carbonyl (C=O) groups is 1. The highest BCUT2D eigenvalue weighted by molar-refractivity contribution is 6.01. The third-order valence-corrected chi connectivity index (χ3v) is 3.95. The summed E-state index contributed by atoms with van der Waals surface area (Å²) in [6.07, 6.45) is 1.81. The summed E-state index contributed by atoms with van der Waals surface area (Å²) in [5.41, 5.74) is 0.770. The first-order valence-corrected chi connectivity index (χ1v) is 8.03. The largest absolute Gasteiger partial charge is 0.490 e. The summed E-state index contributed by atoms with van der Waals surface area (Å²) in [6, 6.07) is 9.59. The van der Waals surface area contributed by atoms with Gasteiger partial charge in [-0.3, -0.25) is 4.79 Å². The number of ether oxygens (including phenoxy) is 2. The molecule has 0 saturated carbocycles. The zero-order valence-corrected chi connectivity index (χ0v) is 13.1. The molecule has 0 radical (unpaired) electrons. The summed E-state index contributed by atoms with van der Waals surface area (Å²) in [4.78, 5) is 17.3. The molecule has 2 aliphatic rings. The molecule has 1 aromatic rings. The Labute approximate surface area is 135 Å². The number of nitrogens with one attached hydrogen (secondary N) is 1. The number of hydrogen-bond donors (Lipinski definition) is 1. The lowest BCUT2D eigenvalue weighted by Gasteiger charge is -2.10. The fraction of sp³-hybridized carbons (Fsp3) is 0.529. The molecule has 2 aliphatic heterocycles. The smallest absolute Gasteiger partial charge is 0.225 e. The Morgan fingerprint density at radius 1 is 1.35 bits per heavy atom. The molecule has 2 atom stereocenters. The highest BCUT2D eigenvalue weighted by Gasteiger charge is 2.24. The minimum atomic E-state index is -0.124. The van der Waals surface area contributed by atoms with E-state index >= 15 is 0 Å². The lowest BCUT2D eigenvalue weighted by atomic mass is 10.1. The van der Waals surface area contributed by atoms with Crippen molar-refractivity contribution < 1.29 is 19.1 Å². The van der Waals surface area contributed by atoms with Crippen molar-refractivity contribution in [2.24, 2.45) is 11.1 Å². The molecule has 1 saturated heterocycles. The molecule has 6 heteroatoms. The normalized spacial score (nSPS) is 23.2. The Kier molecular flexibility index (Phi) is 5.47. The van der Waals surface area contributed by atoms with Crippen LogP contribution in [0.25, 0.3) is 0 Å². The van der Waals surface area contributed by atoms with Crippen molar-refractivity contribution >= 4 is 11.6 Å². The van der Waals surface area contributed by atoms with E-state index < -0.39 is 0 Å². The fourth-order valence-electron chi connectivity index (χ4n) is 2.64. The quantitative estimate of drug-likeness (QED) is 0.831. The molecular weight excluding hydrogens is 296 g/mol. The van der Waals surface area contributed by atoms with E-state index in [9.17, 15) is 4.79 Å². The van der Waals surface area contributed by atoms with Crippen molar-refractivity contribution in [2.45, 2.75) is 25.4 Å². The van der Waals surface area contributed by atoms with Gasteiger partial charge in [0.15, 0.2) is 6.10 Å². The summed E-state index contributed by atoms with van der Waals surface area (Å²) >= 11 is 0. The van der Waals surface area contributed by atoms with E-state index in [1.807, 2.05) is 30.3 Å². The van der Waals surface area contributed by atoms with Gasteiger partial charge in [0, 0.05) is 25.5 Å². The third-order valence-electron chi connectivity index (χ3n) is 3.95. The SMILES string of the molecule is O=C(CC1=NOC(COc2ccccc2)C1)NCC1CCOC1. The van der Waals surface area contributed by atoms with E-state index in [-0.39, 0.29) is 18.4 Å². The lowest BCUT2D eigenvalue weighted by Crippen LogP contribution is -2.31. The molecule has 1 amide bonds. The fourth-order valence-corrected chi connectivity index (χ4v) is 2.64. The maximum absolute atomic E-state index is 11.9. The molecule has 6 nitrogen and oxygen atoms in total. The van der Waals surface area contributed by atoms with Crippen LogP contribution >= 0.6 is 0 Å². The van der Waals surface area contributed by atoms with Crippen LogP contribution in [0.5, 0.6) is 5.75 Å². The summed E-state index contributed by atoms with van der Waals surface area (Å²) in [5.74, 6) is 1.23. The first-order chi connectivity index (χ1) is 11.3. The average molecular weight is 318 g/mol. The average Bonchev–Trinajstić information content (AvgIpc) is 3.24. The molecule has 1 N–H and O–H groups in total. The van der Waals surface area contributed by atoms with Gasteiger partial charge < -0.3 is 19.6 Å². The van der Waals surface area contributed by atoms with Crippen molar-refractivity contribution in [3.8, 4) is 5.75 Å². The Morgan fingerprint density at radius 3 is 3.00 bits per heavy atom. The molecule has 0 aliphatic carbocycles. The van der Waals surface area contributed by atoms with Crippen molar-refractivity contribution in [1.82, 2.24) is 5.32 Å². The number of rotatable bonds is 7. The van der Waals surface area contributed by atoms with Crippen molar-refractivity contribution in [1.29, 1.82) is 0 Å². The number of carbonyl (C=O) groups excluding carboxylic acids is 1. The van der Waals surface area contributed by atoms with Crippen LogP contribution in [0.1, 0.15) is 19.3 Å². The van der Waals surface area contributed by atoms with E-state index in [2.05, 4.69) is 10.5 Å². The highest BCUT2D eigenvalue weighted by atomic mass is 16.7. The molecule has 3 rings (SSSR count). The van der Waals surface area contributed by atoms with Gasteiger partial charge in [0.25, 0.3) is 0 Å². The maximum atomic E-state index is 11.9. The summed E-state index contributed by atoms with van der Waals surface area (Å²) < 4.78 is 10.9. The van der Waals surface area contributed by atoms with E-state index in [0.29, 0.717) is 25.5 Å². The van der Waals surface area contributed by atoms with Crippen LogP contribution in [0.4, 0.5) is 0 Å². The lowest BCUT2D eigenvalue weighted by molar-refractivity contribution is -0.120. The van der Waals surface area contributed by atoms with E-state index in [4.69, 9.17) is 14.3 Å². The number of benzene rings is 1. The van der Waals surface area contributed by atoms with Crippen LogP contribution in [-0.4, -0.2) is 44.1 Å². The molecule has 23 heavy (non-hydrogen) atoms. The predicted molar refractivity (Wildman–Crippen MR) is 85.4 cm³/mol. The number of amides is 1. The summed E-state index contributed by atoms with van der Waals surface area (Å²) in [5, 5.41) is 6.94. The molecule has 0 aromatic heterocycles. The second-order valence-corrected chi connectivity index (χ2v) is 5.92. The molecule has 1 fully saturated rings. The number of oxime groups is 1. The number of nitrogens with zero attached hydrogens (tertiary/aromatic N) is 1. The zero-order valence-electron chi connectivity index (χ0n) is 13.1. The molecular formula is C17H22N2O4. The Morgan fingerprint density at radius 2 is 2.22 bits per heavy atom. The van der Waals surface area contributed by atoms with Gasteiger partial charge in [-0.1, -0.05) is 23.4 Å². The van der Waals surface area contributed by atoms with Gasteiger partial charge in [0.1, 0.15) is 12.4 Å². The molecule has 124 valence electrons. The Hall–Kier alpha value is -2.08. The minimum Gasteiger partial charge on any atom is -0.490 e. The van der Waals surface area contributed by atoms with Crippen LogP contribution < -0.4 is 10.1 Å². The van der Waals surface area contributed by atoms with Gasteiger partial charge in [-0.2, -0.15) is 0 Å². The first kappa shape index (κ1) is 15.8. The number of para-hydroxylation sites is 1. The molecule has 2 unspecified atom stereocenters. The van der Waals surface area contributed by atoms with Crippen molar-refractivity contribution in [3.05, 3.63) is 30.3 Å². The van der Waals surface area contributed by atoms with E-state index in [0.717, 1.165) is 31.1 Å². The van der Waals surface area contributed by atoms with Gasteiger partial charge in [-0.25, -0.2) is 0 Å². The number of hydrogen-bond acceptors (Lipinski definition) is 5. The van der Waals surface area contributed by atoms with Crippen molar-refractivity contribution in [3.63, 3.8) is 0 Å². The van der Waals surface area contributed by atoms with E-state index in [1.54, 1.807) is 0 Å². The molecule has 0 bridgehead atoms. The Balaban J connectivity index is 1.33. The Bertz CT molecular complexity index is 541. The minimum absolute atomic E-state index is 0.0103. The van der Waals surface area contributed by atoms with Crippen LogP contribution in [-0.2, 0) is 14.4 Å². The predicted octanol–water partition coefficient (Wildman–Crippen LogP) is 1.75. The topological polar surface area (TPSA) is 69.2 Å². The molecule has 0 spiro atoms. The highest BCUT2D eigenvalue weighted by Crippen LogP contribution is 2.16. The first-order valence-electron chi connectivity index (χ1n) is 8.03. The van der Waals surface area contributed by atoms with Gasteiger partial charge in [0.05, 0.1) is 18.7 Å². The second-order valence-electron chi connectivity index (χ2n) is 5.92. The monoisotopic (exact) mass is 318 g/mol. The van der Waals surface area contributed by atoms with Gasteiger partial charge in [0.2, 0.25) is 5.91 Å². The summed E-state index contributed by atoms with van der Waals surface area (Å²) in [7, 11) is 0. The standard InChI is InChI=1S/C17H22N2O4/c20-17(18-10-13-6-7-21-11-13)9-14-8-16(23-19-14)12-22-15-4-2-1-3-5-15/h1-5,13,16H,6-12H2,(H,18,20). The van der Waals surface area contributed by atoms with Gasteiger partial charge in [-0.15, -0.1) is 0 Å². The second kappa shape index (κ2) is 7.97. The third kappa shape index (κ3) is 4.96. The van der Waals surface area contributed by atoms with Crippen LogP contribution in [0.15, 0.2) is 35.5 Å². The molecule has 1 aromatic carbocycles. The van der Waals surface area contributed by atoms with Crippen LogP contribution in [0.2, 0.25) is 0 Å².